The zero-order valence-electron chi connectivity index (χ0n) is 18.5. The summed E-state index contributed by atoms with van der Waals surface area (Å²) in [5, 5.41) is 1.45. The molecule has 1 fully saturated rings. The number of amidine groups is 1. The predicted octanol–water partition coefficient (Wildman–Crippen LogP) is 6.60. The molecule has 0 spiro atoms. The van der Waals surface area contributed by atoms with E-state index >= 15 is 0 Å². The van der Waals surface area contributed by atoms with Gasteiger partial charge in [-0.3, -0.25) is 9.69 Å². The summed E-state index contributed by atoms with van der Waals surface area (Å²) in [5.74, 6) is 1.03. The van der Waals surface area contributed by atoms with E-state index in [1.165, 1.54) is 16.7 Å². The molecular weight excluding hydrogens is 493 g/mol. The molecule has 34 heavy (non-hydrogen) atoms. The van der Waals surface area contributed by atoms with Crippen LogP contribution in [0.4, 0.5) is 5.69 Å². The Hall–Kier alpha value is -3.00. The monoisotopic (exact) mass is 513 g/mol. The highest BCUT2D eigenvalue weighted by molar-refractivity contribution is 8.18. The molecule has 6 nitrogen and oxygen atoms in total. The molecule has 1 aliphatic rings. The maximum Gasteiger partial charge on any atom is 0.266 e. The normalized spacial score (nSPS) is 15.9. The number of pyridine rings is 1. The van der Waals surface area contributed by atoms with Gasteiger partial charge in [-0.05, 0) is 60.7 Å². The standard InChI is InChI=1S/C25H21Cl2N3O3S/c1-3-32-21-13-16(10-11-20(21)33-15-17-7-4-5-8-18(17)26)14-22-24(31)30(2)25(34-22)29-19-9-6-12-28-23(19)27/h4-14H,3,15H2,1-2H3/b22-14-,29-25?. The van der Waals surface area contributed by atoms with Gasteiger partial charge in [0.25, 0.3) is 5.91 Å². The minimum Gasteiger partial charge on any atom is -0.490 e. The number of carbonyl (C=O) groups is 1. The smallest absolute Gasteiger partial charge is 0.266 e. The third kappa shape index (κ3) is 5.55. The quantitative estimate of drug-likeness (QED) is 0.263. The summed E-state index contributed by atoms with van der Waals surface area (Å²) in [6.07, 6.45) is 3.39. The number of halogens is 2. The van der Waals surface area contributed by atoms with Gasteiger partial charge in [-0.15, -0.1) is 0 Å². The third-order valence-electron chi connectivity index (χ3n) is 4.87. The summed E-state index contributed by atoms with van der Waals surface area (Å²) in [6.45, 7) is 2.69. The SMILES string of the molecule is CCOc1cc(/C=C2\SC(=Nc3cccnc3Cl)N(C)C2=O)ccc1OCc1ccccc1Cl. The van der Waals surface area contributed by atoms with Crippen LogP contribution in [0.1, 0.15) is 18.1 Å². The largest absolute Gasteiger partial charge is 0.490 e. The Labute approximate surface area is 212 Å². The Morgan fingerprint density at radius 3 is 2.68 bits per heavy atom. The van der Waals surface area contributed by atoms with Crippen LogP contribution in [0.25, 0.3) is 6.08 Å². The van der Waals surface area contributed by atoms with Crippen molar-refractivity contribution in [3.8, 4) is 11.5 Å². The van der Waals surface area contributed by atoms with Crippen LogP contribution in [0, 0.1) is 0 Å². The molecule has 174 valence electrons. The summed E-state index contributed by atoms with van der Waals surface area (Å²) in [7, 11) is 1.68. The van der Waals surface area contributed by atoms with Gasteiger partial charge in [0, 0.05) is 23.8 Å². The van der Waals surface area contributed by atoms with E-state index in [2.05, 4.69) is 9.98 Å². The summed E-state index contributed by atoms with van der Waals surface area (Å²) in [5.41, 5.74) is 2.19. The van der Waals surface area contributed by atoms with Crippen LogP contribution in [0.3, 0.4) is 0 Å². The topological polar surface area (TPSA) is 64.0 Å². The molecule has 0 N–H and O–H groups in total. The molecule has 4 rings (SSSR count). The molecule has 0 unspecified atom stereocenters. The molecule has 0 aliphatic carbocycles. The minimum atomic E-state index is -0.152. The highest BCUT2D eigenvalue weighted by Crippen LogP contribution is 2.36. The van der Waals surface area contributed by atoms with E-state index in [-0.39, 0.29) is 11.1 Å². The van der Waals surface area contributed by atoms with E-state index in [0.717, 1.165) is 11.1 Å². The van der Waals surface area contributed by atoms with E-state index in [1.807, 2.05) is 49.4 Å². The van der Waals surface area contributed by atoms with Gasteiger partial charge in [-0.2, -0.15) is 0 Å². The van der Waals surface area contributed by atoms with E-state index in [0.29, 0.717) is 45.5 Å². The fraction of sp³-hybridized carbons (Fsp3) is 0.160. The summed E-state index contributed by atoms with van der Waals surface area (Å²) < 4.78 is 11.8. The molecule has 1 saturated heterocycles. The average molecular weight is 514 g/mol. The highest BCUT2D eigenvalue weighted by atomic mass is 35.5. The summed E-state index contributed by atoms with van der Waals surface area (Å²) >= 11 is 13.6. The van der Waals surface area contributed by atoms with E-state index in [1.54, 1.807) is 31.5 Å². The molecule has 2 aromatic carbocycles. The number of thioether (sulfide) groups is 1. The zero-order chi connectivity index (χ0) is 24.1. The minimum absolute atomic E-state index is 0.152. The van der Waals surface area contributed by atoms with Gasteiger partial charge in [0.15, 0.2) is 21.8 Å². The molecule has 2 heterocycles. The zero-order valence-corrected chi connectivity index (χ0v) is 20.8. The van der Waals surface area contributed by atoms with Crippen molar-refractivity contribution < 1.29 is 14.3 Å². The molecule has 9 heteroatoms. The number of rotatable bonds is 7. The summed E-state index contributed by atoms with van der Waals surface area (Å²) in [6, 6.07) is 16.6. The van der Waals surface area contributed by atoms with Crippen LogP contribution in [0.15, 0.2) is 70.7 Å². The number of nitrogens with zero attached hydrogens (tertiary/aromatic N) is 3. The van der Waals surface area contributed by atoms with Crippen molar-refractivity contribution in [1.82, 2.24) is 9.88 Å². The first kappa shape index (κ1) is 24.1. The van der Waals surface area contributed by atoms with Gasteiger partial charge in [-0.25, -0.2) is 9.98 Å². The number of ether oxygens (including phenoxy) is 2. The van der Waals surface area contributed by atoms with Crippen LogP contribution in [-0.4, -0.2) is 34.6 Å². The Kier molecular flexibility index (Phi) is 7.77. The number of amides is 1. The first-order valence-corrected chi connectivity index (χ1v) is 12.0. The average Bonchev–Trinajstić information content (AvgIpc) is 3.09. The first-order valence-electron chi connectivity index (χ1n) is 10.5. The van der Waals surface area contributed by atoms with Gasteiger partial charge in [0.1, 0.15) is 12.3 Å². The molecule has 0 saturated carbocycles. The van der Waals surface area contributed by atoms with Crippen LogP contribution in [0.5, 0.6) is 11.5 Å². The van der Waals surface area contributed by atoms with Crippen molar-refractivity contribution in [2.24, 2.45) is 4.99 Å². The lowest BCUT2D eigenvalue weighted by molar-refractivity contribution is -0.121. The molecule has 1 amide bonds. The van der Waals surface area contributed by atoms with Gasteiger partial charge < -0.3 is 9.47 Å². The molecule has 0 radical (unpaired) electrons. The van der Waals surface area contributed by atoms with Crippen molar-refractivity contribution >= 4 is 57.8 Å². The van der Waals surface area contributed by atoms with Gasteiger partial charge in [0.05, 0.1) is 11.5 Å². The third-order valence-corrected chi connectivity index (χ3v) is 6.59. The van der Waals surface area contributed by atoms with E-state index < -0.39 is 0 Å². The Morgan fingerprint density at radius 1 is 1.09 bits per heavy atom. The van der Waals surface area contributed by atoms with Crippen molar-refractivity contribution in [3.05, 3.63) is 87.0 Å². The van der Waals surface area contributed by atoms with Crippen molar-refractivity contribution in [3.63, 3.8) is 0 Å². The highest BCUT2D eigenvalue weighted by Gasteiger charge is 2.30. The second-order valence-corrected chi connectivity index (χ2v) is 8.98. The fourth-order valence-corrected chi connectivity index (χ4v) is 4.47. The summed E-state index contributed by atoms with van der Waals surface area (Å²) in [4.78, 5) is 23.3. The number of likely N-dealkylation sites (N-methyl/N-ethyl adjacent to an activating group) is 1. The predicted molar refractivity (Wildman–Crippen MR) is 138 cm³/mol. The van der Waals surface area contributed by atoms with Crippen molar-refractivity contribution in [2.45, 2.75) is 13.5 Å². The Bertz CT molecular complexity index is 1280. The van der Waals surface area contributed by atoms with Crippen molar-refractivity contribution in [1.29, 1.82) is 0 Å². The van der Waals surface area contributed by atoms with Crippen LogP contribution in [-0.2, 0) is 11.4 Å². The number of hydrogen-bond acceptors (Lipinski definition) is 6. The number of benzene rings is 2. The number of hydrogen-bond donors (Lipinski definition) is 0. The van der Waals surface area contributed by atoms with Crippen molar-refractivity contribution in [2.75, 3.05) is 13.7 Å². The maximum atomic E-state index is 12.8. The Morgan fingerprint density at radius 2 is 1.91 bits per heavy atom. The molecule has 3 aromatic rings. The van der Waals surface area contributed by atoms with E-state index in [4.69, 9.17) is 32.7 Å². The second kappa shape index (κ2) is 11.0. The van der Waals surface area contributed by atoms with Gasteiger partial charge >= 0.3 is 0 Å². The number of aliphatic imine (C=N–C) groups is 1. The molecule has 0 atom stereocenters. The maximum absolute atomic E-state index is 12.8. The van der Waals surface area contributed by atoms with Crippen LogP contribution < -0.4 is 9.47 Å². The lowest BCUT2D eigenvalue weighted by Gasteiger charge is -2.13. The molecule has 0 bridgehead atoms. The lowest BCUT2D eigenvalue weighted by Crippen LogP contribution is -2.23. The van der Waals surface area contributed by atoms with Crippen LogP contribution in [0.2, 0.25) is 10.2 Å². The Balaban J connectivity index is 1.56. The second-order valence-electron chi connectivity index (χ2n) is 7.20. The van der Waals surface area contributed by atoms with Gasteiger partial charge in [-0.1, -0.05) is 47.5 Å². The first-order chi connectivity index (χ1) is 16.5. The molecule has 1 aliphatic heterocycles. The lowest BCUT2D eigenvalue weighted by atomic mass is 10.1. The number of aromatic nitrogens is 1. The van der Waals surface area contributed by atoms with Crippen LogP contribution >= 0.6 is 35.0 Å². The fourth-order valence-electron chi connectivity index (χ4n) is 3.14. The van der Waals surface area contributed by atoms with E-state index in [9.17, 15) is 4.79 Å². The molecular formula is C25H21Cl2N3O3S. The number of carbonyl (C=O) groups excluding carboxylic acids is 1. The molecule has 1 aromatic heterocycles. The van der Waals surface area contributed by atoms with Gasteiger partial charge in [0.2, 0.25) is 0 Å².